The van der Waals surface area contributed by atoms with Gasteiger partial charge in [-0.1, -0.05) is 45.9 Å². The molecule has 0 radical (unpaired) electrons. The minimum absolute atomic E-state index is 0.122. The van der Waals surface area contributed by atoms with Crippen molar-refractivity contribution in [2.45, 2.75) is 17.9 Å². The van der Waals surface area contributed by atoms with Crippen LogP contribution in [0, 0.1) is 0 Å². The number of anilines is 1. The lowest BCUT2D eigenvalue weighted by Crippen LogP contribution is -2.05. The molecule has 2 aromatic carbocycles. The Hall–Kier alpha value is -2.12. The molecule has 0 unspecified atom stereocenters. The van der Waals surface area contributed by atoms with Gasteiger partial charge in [0.05, 0.1) is 0 Å². The number of aromatic nitrogens is 2. The Balaban J connectivity index is 1.70. The molecule has 1 heterocycles. The molecule has 3 aromatic rings. The minimum atomic E-state index is -0.122. The number of carbonyl (C=O) groups is 1. The molecule has 7 heteroatoms. The van der Waals surface area contributed by atoms with Gasteiger partial charge >= 0.3 is 0 Å². The normalized spacial score (nSPS) is 10.6. The van der Waals surface area contributed by atoms with Crippen LogP contribution in [0.5, 0.6) is 0 Å². The molecule has 1 amide bonds. The number of rotatable bonds is 5. The summed E-state index contributed by atoms with van der Waals surface area (Å²) < 4.78 is 6.74. The van der Waals surface area contributed by atoms with Crippen LogP contribution in [0.15, 0.2) is 62.6 Å². The summed E-state index contributed by atoms with van der Waals surface area (Å²) >= 11 is 4.94. The largest absolute Gasteiger partial charge is 0.411 e. The number of benzene rings is 2. The van der Waals surface area contributed by atoms with E-state index in [1.54, 1.807) is 6.07 Å². The lowest BCUT2D eigenvalue weighted by molar-refractivity contribution is -0.114. The number of hydrogen-bond acceptors (Lipinski definition) is 5. The quantitative estimate of drug-likeness (QED) is 0.622. The van der Waals surface area contributed by atoms with Crippen LogP contribution in [0.25, 0.3) is 11.5 Å². The maximum Gasteiger partial charge on any atom is 0.277 e. The van der Waals surface area contributed by atoms with Gasteiger partial charge in [0.2, 0.25) is 11.8 Å². The molecule has 3 rings (SSSR count). The first-order chi connectivity index (χ1) is 11.6. The van der Waals surface area contributed by atoms with Crippen LogP contribution in [0.3, 0.4) is 0 Å². The van der Waals surface area contributed by atoms with Crippen molar-refractivity contribution in [2.75, 3.05) is 5.32 Å². The molecule has 0 fully saturated rings. The summed E-state index contributed by atoms with van der Waals surface area (Å²) in [6.45, 7) is 1.47. The number of thioether (sulfide) groups is 1. The standard InChI is InChI=1S/C17H14BrN3O2S/c1-11(22)19-15-7-3-5-13(9-15)16-20-21-17(23-16)24-10-12-4-2-6-14(18)8-12/h2-9H,10H2,1H3,(H,19,22). The van der Waals surface area contributed by atoms with Gasteiger partial charge in [0, 0.05) is 28.4 Å². The Kier molecular flexibility index (Phi) is 5.32. The van der Waals surface area contributed by atoms with E-state index in [0.717, 1.165) is 15.8 Å². The molecule has 24 heavy (non-hydrogen) atoms. The first kappa shape index (κ1) is 16.7. The maximum absolute atomic E-state index is 11.1. The van der Waals surface area contributed by atoms with E-state index in [1.165, 1.54) is 24.2 Å². The van der Waals surface area contributed by atoms with E-state index >= 15 is 0 Å². The van der Waals surface area contributed by atoms with Crippen molar-refractivity contribution < 1.29 is 9.21 Å². The summed E-state index contributed by atoms with van der Waals surface area (Å²) in [6, 6.07) is 15.4. The van der Waals surface area contributed by atoms with E-state index in [0.29, 0.717) is 16.8 Å². The fourth-order valence-corrected chi connectivity index (χ4v) is 3.24. The van der Waals surface area contributed by atoms with E-state index in [2.05, 4.69) is 37.5 Å². The molecule has 0 aliphatic heterocycles. The van der Waals surface area contributed by atoms with Gasteiger partial charge in [0.25, 0.3) is 5.22 Å². The van der Waals surface area contributed by atoms with Gasteiger partial charge in [-0.3, -0.25) is 4.79 Å². The van der Waals surface area contributed by atoms with Crippen molar-refractivity contribution in [1.82, 2.24) is 10.2 Å². The number of nitrogens with zero attached hydrogens (tertiary/aromatic N) is 2. The molecule has 1 N–H and O–H groups in total. The summed E-state index contributed by atoms with van der Waals surface area (Å²) in [5, 5.41) is 11.4. The average molecular weight is 404 g/mol. The fraction of sp³-hybridized carbons (Fsp3) is 0.118. The molecule has 122 valence electrons. The smallest absolute Gasteiger partial charge is 0.277 e. The van der Waals surface area contributed by atoms with E-state index in [-0.39, 0.29) is 5.91 Å². The van der Waals surface area contributed by atoms with Crippen molar-refractivity contribution in [3.8, 4) is 11.5 Å². The number of nitrogens with one attached hydrogen (secondary N) is 1. The number of halogens is 1. The summed E-state index contributed by atoms with van der Waals surface area (Å²) in [5.41, 5.74) is 2.63. The number of hydrogen-bond donors (Lipinski definition) is 1. The minimum Gasteiger partial charge on any atom is -0.411 e. The second-order valence-corrected chi connectivity index (χ2v) is 6.90. The zero-order chi connectivity index (χ0) is 16.9. The summed E-state index contributed by atoms with van der Waals surface area (Å²) in [6.07, 6.45) is 0. The third-order valence-electron chi connectivity index (χ3n) is 3.09. The van der Waals surface area contributed by atoms with Gasteiger partial charge in [-0.05, 0) is 35.9 Å². The fourth-order valence-electron chi connectivity index (χ4n) is 2.09. The van der Waals surface area contributed by atoms with E-state index in [4.69, 9.17) is 4.42 Å². The van der Waals surface area contributed by atoms with Gasteiger partial charge < -0.3 is 9.73 Å². The van der Waals surface area contributed by atoms with Gasteiger partial charge in [0.15, 0.2) is 0 Å². The van der Waals surface area contributed by atoms with Crippen LogP contribution in [0.2, 0.25) is 0 Å². The molecule has 0 aliphatic carbocycles. The molecule has 0 atom stereocenters. The molecular formula is C17H14BrN3O2S. The second-order valence-electron chi connectivity index (χ2n) is 5.05. The molecule has 0 bridgehead atoms. The van der Waals surface area contributed by atoms with Gasteiger partial charge in [-0.2, -0.15) is 0 Å². The second kappa shape index (κ2) is 7.63. The van der Waals surface area contributed by atoms with Crippen LogP contribution in [0.1, 0.15) is 12.5 Å². The summed E-state index contributed by atoms with van der Waals surface area (Å²) in [4.78, 5) is 11.1. The Labute approximate surface area is 152 Å². The summed E-state index contributed by atoms with van der Waals surface area (Å²) in [7, 11) is 0. The third-order valence-corrected chi connectivity index (χ3v) is 4.47. The van der Waals surface area contributed by atoms with Crippen molar-refractivity contribution >= 4 is 39.3 Å². The van der Waals surface area contributed by atoms with Crippen molar-refractivity contribution in [3.63, 3.8) is 0 Å². The molecule has 0 saturated carbocycles. The van der Waals surface area contributed by atoms with Crippen molar-refractivity contribution in [3.05, 3.63) is 58.6 Å². The lowest BCUT2D eigenvalue weighted by atomic mass is 10.2. The molecule has 1 aromatic heterocycles. The van der Waals surface area contributed by atoms with E-state index in [1.807, 2.05) is 36.4 Å². The molecule has 5 nitrogen and oxygen atoms in total. The molecular weight excluding hydrogens is 390 g/mol. The Morgan fingerprint density at radius 3 is 2.83 bits per heavy atom. The third kappa shape index (κ3) is 4.46. The Bertz CT molecular complexity index is 866. The monoisotopic (exact) mass is 403 g/mol. The van der Waals surface area contributed by atoms with Crippen molar-refractivity contribution in [1.29, 1.82) is 0 Å². The number of carbonyl (C=O) groups excluding carboxylic acids is 1. The Morgan fingerprint density at radius 1 is 1.21 bits per heavy atom. The van der Waals surface area contributed by atoms with Crippen LogP contribution in [0.4, 0.5) is 5.69 Å². The first-order valence-electron chi connectivity index (χ1n) is 7.19. The van der Waals surface area contributed by atoms with Gasteiger partial charge in [0.1, 0.15) is 0 Å². The highest BCUT2D eigenvalue weighted by molar-refractivity contribution is 9.10. The van der Waals surface area contributed by atoms with E-state index in [9.17, 15) is 4.79 Å². The summed E-state index contributed by atoms with van der Waals surface area (Å²) in [5.74, 6) is 1.05. The van der Waals surface area contributed by atoms with Gasteiger partial charge in [-0.25, -0.2) is 0 Å². The Morgan fingerprint density at radius 2 is 2.04 bits per heavy atom. The highest BCUT2D eigenvalue weighted by Gasteiger charge is 2.10. The molecule has 0 aliphatic rings. The maximum atomic E-state index is 11.1. The SMILES string of the molecule is CC(=O)Nc1cccc(-c2nnc(SCc3cccc(Br)c3)o2)c1. The highest BCUT2D eigenvalue weighted by atomic mass is 79.9. The lowest BCUT2D eigenvalue weighted by Gasteiger charge is -2.02. The highest BCUT2D eigenvalue weighted by Crippen LogP contribution is 2.27. The predicted molar refractivity (Wildman–Crippen MR) is 97.7 cm³/mol. The zero-order valence-electron chi connectivity index (χ0n) is 12.8. The predicted octanol–water partition coefficient (Wildman–Crippen LogP) is 4.75. The van der Waals surface area contributed by atoms with Crippen LogP contribution in [-0.2, 0) is 10.5 Å². The zero-order valence-corrected chi connectivity index (χ0v) is 15.2. The van der Waals surface area contributed by atoms with Crippen LogP contribution >= 0.6 is 27.7 Å². The molecule has 0 saturated heterocycles. The van der Waals surface area contributed by atoms with Crippen LogP contribution in [-0.4, -0.2) is 16.1 Å². The van der Waals surface area contributed by atoms with Crippen molar-refractivity contribution in [2.24, 2.45) is 0 Å². The average Bonchev–Trinajstić information content (AvgIpc) is 3.02. The molecule has 0 spiro atoms. The van der Waals surface area contributed by atoms with E-state index < -0.39 is 0 Å². The number of amides is 1. The first-order valence-corrected chi connectivity index (χ1v) is 8.97. The topological polar surface area (TPSA) is 68.0 Å². The van der Waals surface area contributed by atoms with Crippen LogP contribution < -0.4 is 5.32 Å². The van der Waals surface area contributed by atoms with Gasteiger partial charge in [-0.15, -0.1) is 10.2 Å².